The van der Waals surface area contributed by atoms with E-state index in [4.69, 9.17) is 10.7 Å². The summed E-state index contributed by atoms with van der Waals surface area (Å²) in [6, 6.07) is 2.33. The van der Waals surface area contributed by atoms with Crippen LogP contribution in [0.25, 0.3) is 0 Å². The van der Waals surface area contributed by atoms with E-state index in [1.54, 1.807) is 4.90 Å². The molecule has 0 radical (unpaired) electrons. The number of hydrogen-bond donors (Lipinski definition) is 0. The van der Waals surface area contributed by atoms with E-state index >= 15 is 0 Å². The zero-order chi connectivity index (χ0) is 15.8. The first kappa shape index (κ1) is 16.7. The van der Waals surface area contributed by atoms with Crippen molar-refractivity contribution in [1.82, 2.24) is 4.90 Å². The number of nitrogens with zero attached hydrogens (tertiary/aromatic N) is 1. The highest BCUT2D eigenvalue weighted by Gasteiger charge is 2.30. The van der Waals surface area contributed by atoms with Crippen LogP contribution >= 0.6 is 26.6 Å². The summed E-state index contributed by atoms with van der Waals surface area (Å²) in [5.41, 5.74) is -0.277. The Labute approximate surface area is 135 Å². The molecule has 1 aromatic rings. The van der Waals surface area contributed by atoms with Crippen LogP contribution in [0.1, 0.15) is 30.1 Å². The summed E-state index contributed by atoms with van der Waals surface area (Å²) in [6.45, 7) is 3.15. The fourth-order valence-electron chi connectivity index (χ4n) is 2.42. The molecule has 0 aliphatic carbocycles. The minimum atomic E-state index is -4.25. The van der Waals surface area contributed by atoms with E-state index in [0.717, 1.165) is 18.9 Å². The maximum absolute atomic E-state index is 14.3. The zero-order valence-corrected chi connectivity index (χ0v) is 14.4. The molecule has 116 valence electrons. The highest BCUT2D eigenvalue weighted by atomic mass is 79.9. The predicted molar refractivity (Wildman–Crippen MR) is 81.4 cm³/mol. The van der Waals surface area contributed by atoms with Crippen molar-refractivity contribution in [2.75, 3.05) is 13.1 Å². The Morgan fingerprint density at radius 2 is 2.19 bits per heavy atom. The minimum absolute atomic E-state index is 0.277. The molecule has 1 unspecified atom stereocenters. The Hall–Kier alpha value is -0.660. The lowest BCUT2D eigenvalue weighted by Crippen LogP contribution is -2.29. The van der Waals surface area contributed by atoms with Gasteiger partial charge in [-0.1, -0.05) is 29.3 Å². The Bertz CT molecular complexity index is 680. The molecule has 1 aliphatic rings. The van der Waals surface area contributed by atoms with Gasteiger partial charge in [0.25, 0.3) is 15.0 Å². The summed E-state index contributed by atoms with van der Waals surface area (Å²) in [6.07, 6.45) is 1.82. The number of likely N-dealkylation sites (tertiary alicyclic amines) is 1. The molecule has 0 N–H and O–H groups in total. The first-order valence-corrected chi connectivity index (χ1v) is 9.57. The van der Waals surface area contributed by atoms with E-state index in [9.17, 15) is 17.6 Å². The molecule has 0 aromatic heterocycles. The van der Waals surface area contributed by atoms with Gasteiger partial charge in [0.2, 0.25) is 0 Å². The SMILES string of the molecule is CCC1CCN(C(=O)c2cc(Br)cc(S(=O)(=O)Cl)c2F)C1. The van der Waals surface area contributed by atoms with Gasteiger partial charge < -0.3 is 4.90 Å². The molecule has 1 fully saturated rings. The average molecular weight is 399 g/mol. The molecule has 1 saturated heterocycles. The fraction of sp³-hybridized carbons (Fsp3) is 0.462. The predicted octanol–water partition coefficient (Wildman–Crippen LogP) is 3.39. The molecule has 1 aliphatic heterocycles. The smallest absolute Gasteiger partial charge is 0.264 e. The van der Waals surface area contributed by atoms with Crippen LogP contribution in [0.3, 0.4) is 0 Å². The van der Waals surface area contributed by atoms with Gasteiger partial charge in [-0.15, -0.1) is 0 Å². The Morgan fingerprint density at radius 1 is 1.52 bits per heavy atom. The molecule has 0 spiro atoms. The quantitative estimate of drug-likeness (QED) is 0.733. The lowest BCUT2D eigenvalue weighted by Gasteiger charge is -2.17. The number of carbonyl (C=O) groups excluding carboxylic acids is 1. The van der Waals surface area contributed by atoms with Crippen LogP contribution in [0, 0.1) is 11.7 Å². The molecule has 4 nitrogen and oxygen atoms in total. The van der Waals surface area contributed by atoms with E-state index in [-0.39, 0.29) is 10.0 Å². The molecule has 1 heterocycles. The minimum Gasteiger partial charge on any atom is -0.338 e. The number of hydrogen-bond acceptors (Lipinski definition) is 3. The maximum Gasteiger partial charge on any atom is 0.264 e. The second kappa shape index (κ2) is 6.22. The molecule has 2 rings (SSSR count). The van der Waals surface area contributed by atoms with Gasteiger partial charge in [0.05, 0.1) is 5.56 Å². The van der Waals surface area contributed by atoms with Crippen molar-refractivity contribution in [2.45, 2.75) is 24.7 Å². The molecule has 0 bridgehead atoms. The van der Waals surface area contributed by atoms with Gasteiger partial charge in [-0.3, -0.25) is 4.79 Å². The Morgan fingerprint density at radius 3 is 2.71 bits per heavy atom. The number of benzene rings is 1. The standard InChI is InChI=1S/C13H14BrClFNO3S/c1-2-8-3-4-17(7-8)13(18)10-5-9(14)6-11(12(10)16)21(15,19)20/h5-6,8H,2-4,7H2,1H3. The van der Waals surface area contributed by atoms with E-state index in [1.165, 1.54) is 6.07 Å². The Balaban J connectivity index is 2.41. The summed E-state index contributed by atoms with van der Waals surface area (Å²) in [7, 11) is 0.950. The van der Waals surface area contributed by atoms with E-state index < -0.39 is 25.7 Å². The summed E-state index contributed by atoms with van der Waals surface area (Å²) in [5, 5.41) is 0. The normalized spacial score (nSPS) is 19.0. The van der Waals surface area contributed by atoms with Crippen LogP contribution in [0.2, 0.25) is 0 Å². The first-order chi connectivity index (χ1) is 9.74. The van der Waals surface area contributed by atoms with Crippen LogP contribution in [0.5, 0.6) is 0 Å². The van der Waals surface area contributed by atoms with Gasteiger partial charge in [0.1, 0.15) is 4.90 Å². The molecule has 1 amide bonds. The third-order valence-corrected chi connectivity index (χ3v) is 5.43. The van der Waals surface area contributed by atoms with Gasteiger partial charge >= 0.3 is 0 Å². The Kier molecular flexibility index (Phi) is 4.95. The van der Waals surface area contributed by atoms with Gasteiger partial charge in [0, 0.05) is 28.2 Å². The number of halogens is 3. The third kappa shape index (κ3) is 3.57. The molecule has 8 heteroatoms. The lowest BCUT2D eigenvalue weighted by atomic mass is 10.1. The lowest BCUT2D eigenvalue weighted by molar-refractivity contribution is 0.0781. The van der Waals surface area contributed by atoms with E-state index in [2.05, 4.69) is 15.9 Å². The third-order valence-electron chi connectivity index (χ3n) is 3.65. The van der Waals surface area contributed by atoms with Crippen molar-refractivity contribution in [1.29, 1.82) is 0 Å². The monoisotopic (exact) mass is 397 g/mol. The van der Waals surface area contributed by atoms with Crippen LogP contribution in [0.15, 0.2) is 21.5 Å². The van der Waals surface area contributed by atoms with Crippen molar-refractivity contribution >= 4 is 41.6 Å². The zero-order valence-electron chi connectivity index (χ0n) is 11.3. The van der Waals surface area contributed by atoms with Crippen LogP contribution in [-0.4, -0.2) is 32.3 Å². The summed E-state index contributed by atoms with van der Waals surface area (Å²) in [5.74, 6) is -1.20. The van der Waals surface area contributed by atoms with Gasteiger partial charge in [0.15, 0.2) is 5.82 Å². The number of carbonyl (C=O) groups is 1. The largest absolute Gasteiger partial charge is 0.338 e. The number of rotatable bonds is 3. The molecule has 1 aromatic carbocycles. The van der Waals surface area contributed by atoms with Gasteiger partial charge in [-0.2, -0.15) is 0 Å². The second-order valence-corrected chi connectivity index (χ2v) is 8.47. The molecule has 21 heavy (non-hydrogen) atoms. The highest BCUT2D eigenvalue weighted by molar-refractivity contribution is 9.10. The van der Waals surface area contributed by atoms with Crippen molar-refractivity contribution in [3.8, 4) is 0 Å². The molecular weight excluding hydrogens is 385 g/mol. The van der Waals surface area contributed by atoms with Crippen LogP contribution < -0.4 is 0 Å². The van der Waals surface area contributed by atoms with Crippen LogP contribution in [-0.2, 0) is 9.05 Å². The molecular formula is C13H14BrClFNO3S. The topological polar surface area (TPSA) is 54.5 Å². The van der Waals surface area contributed by atoms with Gasteiger partial charge in [-0.05, 0) is 24.5 Å². The van der Waals surface area contributed by atoms with Crippen molar-refractivity contribution < 1.29 is 17.6 Å². The highest BCUT2D eigenvalue weighted by Crippen LogP contribution is 2.29. The van der Waals surface area contributed by atoms with Crippen molar-refractivity contribution in [3.05, 3.63) is 28.0 Å². The molecule has 1 atom stereocenters. The van der Waals surface area contributed by atoms with Crippen molar-refractivity contribution in [3.63, 3.8) is 0 Å². The van der Waals surface area contributed by atoms with E-state index in [0.29, 0.717) is 19.0 Å². The number of amides is 1. The van der Waals surface area contributed by atoms with Crippen molar-refractivity contribution in [2.24, 2.45) is 5.92 Å². The summed E-state index contributed by atoms with van der Waals surface area (Å²) < 4.78 is 37.3. The van der Waals surface area contributed by atoms with E-state index in [1.807, 2.05) is 6.92 Å². The maximum atomic E-state index is 14.3. The average Bonchev–Trinajstić information content (AvgIpc) is 2.87. The summed E-state index contributed by atoms with van der Waals surface area (Å²) in [4.78, 5) is 13.2. The fourth-order valence-corrected chi connectivity index (χ4v) is 3.96. The first-order valence-electron chi connectivity index (χ1n) is 6.47. The summed E-state index contributed by atoms with van der Waals surface area (Å²) >= 11 is 3.08. The second-order valence-electron chi connectivity index (χ2n) is 5.02. The van der Waals surface area contributed by atoms with Crippen LogP contribution in [0.4, 0.5) is 4.39 Å². The molecule has 0 saturated carbocycles. The van der Waals surface area contributed by atoms with Gasteiger partial charge in [-0.25, -0.2) is 12.8 Å².